The summed E-state index contributed by atoms with van der Waals surface area (Å²) in [7, 11) is 0. The van der Waals surface area contributed by atoms with E-state index in [4.69, 9.17) is 10.1 Å². The Morgan fingerprint density at radius 3 is 2.86 bits per heavy atom. The van der Waals surface area contributed by atoms with E-state index in [1.807, 2.05) is 6.07 Å². The molecule has 1 saturated carbocycles. The SMILES string of the molecule is CC1(C2CCc3nc4ccc(C(=O)O)cc4cc3C2)CC1. The molecule has 0 aliphatic heterocycles. The van der Waals surface area contributed by atoms with Gasteiger partial charge >= 0.3 is 5.97 Å². The van der Waals surface area contributed by atoms with Gasteiger partial charge in [-0.2, -0.15) is 0 Å². The van der Waals surface area contributed by atoms with Crippen LogP contribution in [0, 0.1) is 11.3 Å². The van der Waals surface area contributed by atoms with Crippen LogP contribution in [0.25, 0.3) is 10.9 Å². The normalized spacial score (nSPS) is 22.8. The number of rotatable bonds is 2. The van der Waals surface area contributed by atoms with Crippen LogP contribution in [-0.4, -0.2) is 16.1 Å². The standard InChI is InChI=1S/C18H19NO2/c1-18(6-7-18)14-3-5-16-13(10-14)9-12-8-11(17(20)21)2-4-15(12)19-16/h2,4,8-9,14H,3,5-7,10H2,1H3,(H,20,21). The number of aromatic nitrogens is 1. The van der Waals surface area contributed by atoms with Gasteiger partial charge in [0.25, 0.3) is 0 Å². The Hall–Kier alpha value is -1.90. The summed E-state index contributed by atoms with van der Waals surface area (Å²) in [6.45, 7) is 2.40. The Labute approximate surface area is 124 Å². The number of nitrogens with zero attached hydrogens (tertiary/aromatic N) is 1. The Morgan fingerprint density at radius 1 is 1.33 bits per heavy atom. The fourth-order valence-corrected chi connectivity index (χ4v) is 3.67. The minimum absolute atomic E-state index is 0.339. The number of carboxylic acid groups (broad SMARTS) is 1. The first-order valence-corrected chi connectivity index (χ1v) is 7.71. The van der Waals surface area contributed by atoms with Crippen molar-refractivity contribution < 1.29 is 9.90 Å². The summed E-state index contributed by atoms with van der Waals surface area (Å²) in [4.78, 5) is 15.9. The molecule has 1 N–H and O–H groups in total. The molecule has 1 fully saturated rings. The third-order valence-electron chi connectivity index (χ3n) is 5.45. The summed E-state index contributed by atoms with van der Waals surface area (Å²) < 4.78 is 0. The molecule has 3 heteroatoms. The zero-order valence-electron chi connectivity index (χ0n) is 12.2. The molecule has 1 heterocycles. The number of fused-ring (bicyclic) bond motifs is 2. The van der Waals surface area contributed by atoms with E-state index in [1.54, 1.807) is 12.1 Å². The van der Waals surface area contributed by atoms with E-state index in [0.717, 1.165) is 29.7 Å². The molecule has 1 unspecified atom stereocenters. The van der Waals surface area contributed by atoms with Crippen LogP contribution >= 0.6 is 0 Å². The molecule has 21 heavy (non-hydrogen) atoms. The molecule has 0 bridgehead atoms. The van der Waals surface area contributed by atoms with Gasteiger partial charge in [0.05, 0.1) is 11.1 Å². The molecule has 0 spiro atoms. The zero-order valence-corrected chi connectivity index (χ0v) is 12.2. The van der Waals surface area contributed by atoms with Gasteiger partial charge in [-0.15, -0.1) is 0 Å². The van der Waals surface area contributed by atoms with E-state index in [-0.39, 0.29) is 0 Å². The van der Waals surface area contributed by atoms with E-state index in [1.165, 1.54) is 30.5 Å². The van der Waals surface area contributed by atoms with Gasteiger partial charge in [0.1, 0.15) is 0 Å². The third kappa shape index (κ3) is 2.11. The van der Waals surface area contributed by atoms with Gasteiger partial charge in [0.2, 0.25) is 0 Å². The molecular weight excluding hydrogens is 262 g/mol. The third-order valence-corrected chi connectivity index (χ3v) is 5.45. The van der Waals surface area contributed by atoms with Crippen LogP contribution in [-0.2, 0) is 12.8 Å². The zero-order chi connectivity index (χ0) is 14.6. The van der Waals surface area contributed by atoms with Crippen molar-refractivity contribution in [2.75, 3.05) is 0 Å². The lowest BCUT2D eigenvalue weighted by Crippen LogP contribution is -2.22. The second kappa shape index (κ2) is 4.30. The number of hydrogen-bond donors (Lipinski definition) is 1. The van der Waals surface area contributed by atoms with Gasteiger partial charge in [-0.05, 0) is 73.3 Å². The molecule has 2 aliphatic carbocycles. The Morgan fingerprint density at radius 2 is 2.14 bits per heavy atom. The fraction of sp³-hybridized carbons (Fsp3) is 0.444. The molecule has 3 nitrogen and oxygen atoms in total. The summed E-state index contributed by atoms with van der Waals surface area (Å²) >= 11 is 0. The van der Waals surface area contributed by atoms with Crippen LogP contribution < -0.4 is 0 Å². The van der Waals surface area contributed by atoms with E-state index >= 15 is 0 Å². The highest BCUT2D eigenvalue weighted by atomic mass is 16.4. The van der Waals surface area contributed by atoms with E-state index in [0.29, 0.717) is 11.0 Å². The van der Waals surface area contributed by atoms with Crippen molar-refractivity contribution in [2.24, 2.45) is 11.3 Å². The van der Waals surface area contributed by atoms with Gasteiger partial charge in [0.15, 0.2) is 0 Å². The number of aryl methyl sites for hydroxylation is 1. The molecule has 1 aromatic carbocycles. The first-order valence-electron chi connectivity index (χ1n) is 7.71. The lowest BCUT2D eigenvalue weighted by atomic mass is 9.77. The van der Waals surface area contributed by atoms with E-state index in [9.17, 15) is 4.79 Å². The molecule has 0 amide bonds. The molecular formula is C18H19NO2. The molecule has 4 rings (SSSR count). The van der Waals surface area contributed by atoms with E-state index in [2.05, 4.69) is 13.0 Å². The summed E-state index contributed by atoms with van der Waals surface area (Å²) in [6, 6.07) is 7.38. The van der Waals surface area contributed by atoms with Crippen LogP contribution in [0.3, 0.4) is 0 Å². The number of pyridine rings is 1. The minimum Gasteiger partial charge on any atom is -0.478 e. The lowest BCUT2D eigenvalue weighted by Gasteiger charge is -2.29. The predicted molar refractivity (Wildman–Crippen MR) is 81.6 cm³/mol. The Balaban J connectivity index is 1.76. The molecule has 2 aromatic rings. The minimum atomic E-state index is -0.877. The summed E-state index contributed by atoms with van der Waals surface area (Å²) in [5.41, 5.74) is 4.34. The van der Waals surface area contributed by atoms with Crippen molar-refractivity contribution in [3.63, 3.8) is 0 Å². The van der Waals surface area contributed by atoms with Crippen LogP contribution in [0.4, 0.5) is 0 Å². The fourth-order valence-electron chi connectivity index (χ4n) is 3.67. The molecule has 0 radical (unpaired) electrons. The maximum atomic E-state index is 11.1. The molecule has 1 aromatic heterocycles. The van der Waals surface area contributed by atoms with Crippen LogP contribution in [0.2, 0.25) is 0 Å². The smallest absolute Gasteiger partial charge is 0.335 e. The molecule has 1 atom stereocenters. The quantitative estimate of drug-likeness (QED) is 0.910. The maximum Gasteiger partial charge on any atom is 0.335 e. The maximum absolute atomic E-state index is 11.1. The van der Waals surface area contributed by atoms with Crippen molar-refractivity contribution in [1.82, 2.24) is 4.98 Å². The Kier molecular flexibility index (Phi) is 2.62. The van der Waals surface area contributed by atoms with Crippen molar-refractivity contribution in [3.8, 4) is 0 Å². The van der Waals surface area contributed by atoms with Gasteiger partial charge in [-0.25, -0.2) is 4.79 Å². The first kappa shape index (κ1) is 12.8. The van der Waals surface area contributed by atoms with Crippen molar-refractivity contribution in [2.45, 2.75) is 39.0 Å². The lowest BCUT2D eigenvalue weighted by molar-refractivity contribution is 0.0697. The Bertz CT molecular complexity index is 746. The number of aromatic carboxylic acids is 1. The highest BCUT2D eigenvalue weighted by Gasteiger charge is 2.45. The van der Waals surface area contributed by atoms with Crippen molar-refractivity contribution >= 4 is 16.9 Å². The first-order chi connectivity index (χ1) is 10.0. The highest BCUT2D eigenvalue weighted by molar-refractivity contribution is 5.93. The molecule has 2 aliphatic rings. The van der Waals surface area contributed by atoms with E-state index < -0.39 is 5.97 Å². The predicted octanol–water partition coefficient (Wildman–Crippen LogP) is 3.84. The van der Waals surface area contributed by atoms with Gasteiger partial charge in [-0.3, -0.25) is 4.98 Å². The number of carbonyl (C=O) groups is 1. The van der Waals surface area contributed by atoms with Crippen LogP contribution in [0.15, 0.2) is 24.3 Å². The number of benzene rings is 1. The number of carboxylic acids is 1. The summed E-state index contributed by atoms with van der Waals surface area (Å²) in [5, 5.41) is 10.1. The second-order valence-corrected chi connectivity index (χ2v) is 6.90. The summed E-state index contributed by atoms with van der Waals surface area (Å²) in [6.07, 6.45) is 6.13. The molecule has 0 saturated heterocycles. The van der Waals surface area contributed by atoms with Gasteiger partial charge in [-0.1, -0.05) is 6.92 Å². The van der Waals surface area contributed by atoms with Crippen molar-refractivity contribution in [3.05, 3.63) is 41.1 Å². The van der Waals surface area contributed by atoms with Crippen LogP contribution in [0.5, 0.6) is 0 Å². The largest absolute Gasteiger partial charge is 0.478 e. The molecule has 108 valence electrons. The second-order valence-electron chi connectivity index (χ2n) is 6.90. The van der Waals surface area contributed by atoms with Gasteiger partial charge in [0, 0.05) is 11.1 Å². The summed E-state index contributed by atoms with van der Waals surface area (Å²) in [5.74, 6) is -0.107. The number of hydrogen-bond acceptors (Lipinski definition) is 2. The average Bonchev–Trinajstić information content (AvgIpc) is 3.23. The average molecular weight is 281 g/mol. The van der Waals surface area contributed by atoms with Crippen molar-refractivity contribution in [1.29, 1.82) is 0 Å². The highest BCUT2D eigenvalue weighted by Crippen LogP contribution is 2.55. The topological polar surface area (TPSA) is 50.2 Å². The monoisotopic (exact) mass is 281 g/mol. The van der Waals surface area contributed by atoms with Gasteiger partial charge < -0.3 is 5.11 Å². The van der Waals surface area contributed by atoms with Crippen LogP contribution in [0.1, 0.15) is 47.8 Å².